The molecule has 0 spiro atoms. The summed E-state index contributed by atoms with van der Waals surface area (Å²) in [5, 5.41) is 0. The molecule has 0 aliphatic heterocycles. The van der Waals surface area contributed by atoms with E-state index in [0.29, 0.717) is 29.5 Å². The van der Waals surface area contributed by atoms with Crippen molar-refractivity contribution in [2.45, 2.75) is 94.3 Å². The fraction of sp³-hybridized carbons (Fsp3) is 0.655. The maximum Gasteiger partial charge on any atom is 0.460 e. The van der Waals surface area contributed by atoms with E-state index in [9.17, 15) is 65.9 Å². The zero-order valence-electron chi connectivity index (χ0n) is 26.3. The molecule has 0 aliphatic rings. The van der Waals surface area contributed by atoms with Crippen LogP contribution in [0.2, 0.25) is 0 Å². The van der Waals surface area contributed by atoms with E-state index in [1.54, 1.807) is 41.4 Å². The fourth-order valence-electron chi connectivity index (χ4n) is 3.82. The lowest BCUT2D eigenvalue weighted by Crippen LogP contribution is -2.64. The minimum atomic E-state index is -7.92. The number of alkyl halides is 15. The Labute approximate surface area is 280 Å². The summed E-state index contributed by atoms with van der Waals surface area (Å²) >= 11 is 0. The van der Waals surface area contributed by atoms with Crippen molar-refractivity contribution in [3.8, 4) is 22.9 Å². The van der Waals surface area contributed by atoms with Gasteiger partial charge in [-0.3, -0.25) is 0 Å². The Morgan fingerprint density at radius 1 is 0.569 bits per heavy atom. The Bertz CT molecular complexity index is 1350. The number of aromatic nitrogens is 2. The maximum atomic E-state index is 13.7. The van der Waals surface area contributed by atoms with E-state index in [0.717, 1.165) is 25.7 Å². The van der Waals surface area contributed by atoms with Crippen molar-refractivity contribution < 1.29 is 89.5 Å². The highest BCUT2D eigenvalue weighted by atomic mass is 19.4. The van der Waals surface area contributed by atoms with Gasteiger partial charge >= 0.3 is 42.5 Å². The zero-order chi connectivity index (χ0) is 38.8. The van der Waals surface area contributed by atoms with E-state index < -0.39 is 55.7 Å². The van der Waals surface area contributed by atoms with Crippen LogP contribution in [-0.2, 0) is 14.2 Å². The highest BCUT2D eigenvalue weighted by molar-refractivity contribution is 5.60. The summed E-state index contributed by atoms with van der Waals surface area (Å²) < 4.78 is 216. The van der Waals surface area contributed by atoms with Gasteiger partial charge in [0.15, 0.2) is 17.3 Å². The third-order valence-corrected chi connectivity index (χ3v) is 6.47. The molecule has 0 aliphatic carbocycles. The van der Waals surface area contributed by atoms with E-state index >= 15 is 0 Å². The summed E-state index contributed by atoms with van der Waals surface area (Å²) in [5.41, 5.74) is 0.642. The maximum absolute atomic E-state index is 13.7. The van der Waals surface area contributed by atoms with Gasteiger partial charge in [-0.15, -0.1) is 0 Å². The molecule has 0 saturated heterocycles. The van der Waals surface area contributed by atoms with Crippen molar-refractivity contribution in [3.63, 3.8) is 0 Å². The first-order chi connectivity index (χ1) is 23.4. The predicted octanol–water partition coefficient (Wildman–Crippen LogP) is 9.91. The quantitative estimate of drug-likeness (QED) is 0.0823. The number of halogens is 15. The number of nitrogens with zero attached hydrogens (tertiary/aromatic N) is 2. The third kappa shape index (κ3) is 11.9. The first-order valence-electron chi connectivity index (χ1n) is 14.9. The average Bonchev–Trinajstić information content (AvgIpc) is 3.01. The average molecular weight is 773 g/mol. The molecular weight excluding hydrogens is 741 g/mol. The summed E-state index contributed by atoms with van der Waals surface area (Å²) in [6.45, 7) is -0.392. The van der Waals surface area contributed by atoms with Gasteiger partial charge < -0.3 is 14.2 Å². The van der Waals surface area contributed by atoms with Crippen molar-refractivity contribution in [2.24, 2.45) is 0 Å². The summed E-state index contributed by atoms with van der Waals surface area (Å²) in [4.78, 5) is 8.35. The molecule has 0 N–H and O–H groups in total. The van der Waals surface area contributed by atoms with E-state index in [1.165, 1.54) is 0 Å². The molecule has 0 unspecified atom stereocenters. The van der Waals surface area contributed by atoms with Crippen LogP contribution in [0.5, 0.6) is 11.5 Å². The van der Waals surface area contributed by atoms with Crippen LogP contribution in [0, 0.1) is 0 Å². The lowest BCUT2D eigenvalue weighted by Gasteiger charge is -2.36. The molecule has 7 nitrogen and oxygen atoms in total. The second-order valence-electron chi connectivity index (χ2n) is 10.6. The van der Waals surface area contributed by atoms with Crippen molar-refractivity contribution in [3.05, 3.63) is 36.7 Å². The zero-order valence-corrected chi connectivity index (χ0v) is 26.3. The number of ether oxygens (including phenoxy) is 5. The van der Waals surface area contributed by atoms with Crippen LogP contribution in [0.1, 0.15) is 51.9 Å². The van der Waals surface area contributed by atoms with Crippen LogP contribution in [0.15, 0.2) is 36.7 Å². The largest absolute Gasteiger partial charge is 0.490 e. The minimum Gasteiger partial charge on any atom is -0.490 e. The van der Waals surface area contributed by atoms with Gasteiger partial charge in [0, 0.05) is 24.6 Å². The molecule has 0 amide bonds. The lowest BCUT2D eigenvalue weighted by molar-refractivity contribution is -0.543. The SMILES string of the molecule is CCCCCCOc1cc(-c2ncccn2)ccc1OCCCCCOCC(F)(F)OC(F)(F)C(F)(F)OC(F)(F)C(F)(F)C(F)(F)C(F)(F)F. The standard InChI is InChI=1S/C29H31F15N2O5/c1-2-3-4-7-16-49-21-17-19(22-45-12-9-13-46-22)10-11-20(21)48-15-8-5-6-14-47-18-23(30,31)50-28(41,42)29(43,44)51-27(39,40)25(34,35)24(32,33)26(36,37)38/h9-13,17H,2-8,14-16,18H2,1H3. The smallest absolute Gasteiger partial charge is 0.460 e. The molecule has 1 heterocycles. The van der Waals surface area contributed by atoms with E-state index in [-0.39, 0.29) is 25.9 Å². The molecule has 0 saturated carbocycles. The Morgan fingerprint density at radius 2 is 1.10 bits per heavy atom. The molecular formula is C29H31F15N2O5. The van der Waals surface area contributed by atoms with Gasteiger partial charge in [0.1, 0.15) is 6.61 Å². The molecule has 1 aromatic heterocycles. The molecule has 2 rings (SSSR count). The van der Waals surface area contributed by atoms with E-state index in [4.69, 9.17) is 9.47 Å². The Kier molecular flexibility index (Phi) is 15.1. The van der Waals surface area contributed by atoms with Crippen LogP contribution in [-0.4, -0.2) is 78.9 Å². The van der Waals surface area contributed by atoms with Crippen molar-refractivity contribution in [2.75, 3.05) is 26.4 Å². The third-order valence-electron chi connectivity index (χ3n) is 6.47. The molecule has 51 heavy (non-hydrogen) atoms. The van der Waals surface area contributed by atoms with Gasteiger partial charge in [0.05, 0.1) is 13.2 Å². The summed E-state index contributed by atoms with van der Waals surface area (Å²) in [6, 6.07) is 6.62. The molecule has 1 aromatic carbocycles. The minimum absolute atomic E-state index is 0.0606. The molecule has 0 bridgehead atoms. The summed E-state index contributed by atoms with van der Waals surface area (Å²) in [7, 11) is 0. The second-order valence-corrected chi connectivity index (χ2v) is 10.6. The second kappa shape index (κ2) is 17.5. The highest BCUT2D eigenvalue weighted by Crippen LogP contribution is 2.56. The van der Waals surface area contributed by atoms with Crippen molar-refractivity contribution in [1.29, 1.82) is 0 Å². The topological polar surface area (TPSA) is 71.9 Å². The first kappa shape index (κ1) is 43.9. The van der Waals surface area contributed by atoms with Gasteiger partial charge in [0.25, 0.3) is 0 Å². The number of benzene rings is 1. The van der Waals surface area contributed by atoms with Crippen molar-refractivity contribution >= 4 is 0 Å². The van der Waals surface area contributed by atoms with E-state index in [2.05, 4.69) is 19.4 Å². The van der Waals surface area contributed by atoms with Gasteiger partial charge in [0.2, 0.25) is 0 Å². The summed E-state index contributed by atoms with van der Waals surface area (Å²) in [6.07, 6.45) is -27.7. The first-order valence-corrected chi connectivity index (χ1v) is 14.9. The molecule has 292 valence electrons. The van der Waals surface area contributed by atoms with Crippen molar-refractivity contribution in [1.82, 2.24) is 9.97 Å². The lowest BCUT2D eigenvalue weighted by atomic mass is 10.1. The number of rotatable bonds is 23. The fourth-order valence-corrected chi connectivity index (χ4v) is 3.82. The molecule has 0 radical (unpaired) electrons. The Morgan fingerprint density at radius 3 is 1.67 bits per heavy atom. The van der Waals surface area contributed by atoms with Crippen LogP contribution in [0.3, 0.4) is 0 Å². The van der Waals surface area contributed by atoms with Crippen LogP contribution >= 0.6 is 0 Å². The monoisotopic (exact) mass is 772 g/mol. The summed E-state index contributed by atoms with van der Waals surface area (Å²) in [5.74, 6) is -14.5. The molecule has 0 atom stereocenters. The van der Waals surface area contributed by atoms with E-state index in [1.807, 2.05) is 6.92 Å². The van der Waals surface area contributed by atoms with Gasteiger partial charge in [-0.25, -0.2) is 19.4 Å². The predicted molar refractivity (Wildman–Crippen MR) is 145 cm³/mol. The number of hydrogen-bond acceptors (Lipinski definition) is 7. The number of unbranched alkanes of at least 4 members (excludes halogenated alkanes) is 5. The highest BCUT2D eigenvalue weighted by Gasteiger charge is 2.85. The molecule has 0 fully saturated rings. The van der Waals surface area contributed by atoms with Crippen LogP contribution in [0.25, 0.3) is 11.4 Å². The van der Waals surface area contributed by atoms with Crippen LogP contribution < -0.4 is 9.47 Å². The van der Waals surface area contributed by atoms with Gasteiger partial charge in [-0.1, -0.05) is 26.2 Å². The Hall–Kier alpha value is -3.27. The van der Waals surface area contributed by atoms with Gasteiger partial charge in [-0.05, 0) is 49.9 Å². The Balaban J connectivity index is 1.86. The number of hydrogen-bond donors (Lipinski definition) is 0. The molecule has 2 aromatic rings. The van der Waals surface area contributed by atoms with Gasteiger partial charge in [-0.2, -0.15) is 65.9 Å². The normalized spacial score (nSPS) is 13.8. The molecule has 22 heteroatoms. The van der Waals surface area contributed by atoms with Crippen LogP contribution in [0.4, 0.5) is 65.9 Å².